The standard InChI is InChI=1S/C19H21N3O3/c20-11-10-17-13-21(15-4-2-1-3-5-15)19(25)22(17)16-8-6-14(7-9-16)12-18(23)24/h1-9,17H,10-13,20H2,(H,23,24). The van der Waals surface area contributed by atoms with Crippen molar-refractivity contribution in [3.63, 3.8) is 0 Å². The van der Waals surface area contributed by atoms with E-state index in [0.717, 1.165) is 11.4 Å². The van der Waals surface area contributed by atoms with Crippen molar-refractivity contribution in [1.29, 1.82) is 0 Å². The Morgan fingerprint density at radius 3 is 2.36 bits per heavy atom. The minimum atomic E-state index is -0.874. The summed E-state index contributed by atoms with van der Waals surface area (Å²) in [6.07, 6.45) is 0.669. The van der Waals surface area contributed by atoms with Gasteiger partial charge in [-0.05, 0) is 42.8 Å². The first kappa shape index (κ1) is 17.0. The van der Waals surface area contributed by atoms with E-state index in [0.29, 0.717) is 25.1 Å². The number of carbonyl (C=O) groups excluding carboxylic acids is 1. The van der Waals surface area contributed by atoms with Crippen LogP contribution in [0.5, 0.6) is 0 Å². The summed E-state index contributed by atoms with van der Waals surface area (Å²) in [5.41, 5.74) is 8.06. The van der Waals surface area contributed by atoms with Gasteiger partial charge in [-0.25, -0.2) is 4.79 Å². The first-order valence-electron chi connectivity index (χ1n) is 8.26. The zero-order chi connectivity index (χ0) is 17.8. The zero-order valence-corrected chi connectivity index (χ0v) is 13.8. The lowest BCUT2D eigenvalue weighted by molar-refractivity contribution is -0.136. The third kappa shape index (κ3) is 3.64. The van der Waals surface area contributed by atoms with Gasteiger partial charge in [0.25, 0.3) is 0 Å². The van der Waals surface area contributed by atoms with Crippen LogP contribution in [-0.2, 0) is 11.2 Å². The number of hydrogen-bond acceptors (Lipinski definition) is 3. The van der Waals surface area contributed by atoms with Crippen LogP contribution in [-0.4, -0.2) is 36.2 Å². The molecule has 2 aromatic carbocycles. The predicted octanol–water partition coefficient (Wildman–Crippen LogP) is 2.48. The molecular formula is C19H21N3O3. The Bertz CT molecular complexity index is 746. The van der Waals surface area contributed by atoms with E-state index in [2.05, 4.69) is 0 Å². The van der Waals surface area contributed by atoms with Gasteiger partial charge in [0.05, 0.1) is 12.5 Å². The molecular weight excluding hydrogens is 318 g/mol. The number of nitrogens with zero attached hydrogens (tertiary/aromatic N) is 2. The largest absolute Gasteiger partial charge is 0.481 e. The molecule has 3 N–H and O–H groups in total. The summed E-state index contributed by atoms with van der Waals surface area (Å²) in [7, 11) is 0. The zero-order valence-electron chi connectivity index (χ0n) is 13.8. The summed E-state index contributed by atoms with van der Waals surface area (Å²) < 4.78 is 0. The summed E-state index contributed by atoms with van der Waals surface area (Å²) in [5.74, 6) is -0.874. The highest BCUT2D eigenvalue weighted by molar-refractivity contribution is 6.06. The topological polar surface area (TPSA) is 86.9 Å². The molecule has 1 saturated heterocycles. The van der Waals surface area contributed by atoms with Gasteiger partial charge in [-0.2, -0.15) is 0 Å². The van der Waals surface area contributed by atoms with E-state index < -0.39 is 5.97 Å². The van der Waals surface area contributed by atoms with Crippen molar-refractivity contribution in [3.8, 4) is 0 Å². The Balaban J connectivity index is 1.87. The molecule has 6 nitrogen and oxygen atoms in total. The van der Waals surface area contributed by atoms with Crippen molar-refractivity contribution in [2.45, 2.75) is 18.9 Å². The Kier molecular flexibility index (Phi) is 5.00. The second-order valence-corrected chi connectivity index (χ2v) is 6.07. The Morgan fingerprint density at radius 2 is 1.76 bits per heavy atom. The maximum atomic E-state index is 13.0. The quantitative estimate of drug-likeness (QED) is 0.846. The number of carboxylic acids is 1. The fraction of sp³-hybridized carbons (Fsp3) is 0.263. The number of hydrogen-bond donors (Lipinski definition) is 2. The van der Waals surface area contributed by atoms with E-state index in [-0.39, 0.29) is 18.5 Å². The van der Waals surface area contributed by atoms with Gasteiger partial charge in [0.2, 0.25) is 0 Å². The van der Waals surface area contributed by atoms with Crippen LogP contribution in [0.3, 0.4) is 0 Å². The highest BCUT2D eigenvalue weighted by atomic mass is 16.4. The molecule has 0 saturated carbocycles. The number of carbonyl (C=O) groups is 2. The Hall–Kier alpha value is -2.86. The molecule has 1 unspecified atom stereocenters. The van der Waals surface area contributed by atoms with Gasteiger partial charge in [0.1, 0.15) is 0 Å². The fourth-order valence-corrected chi connectivity index (χ4v) is 3.16. The minimum Gasteiger partial charge on any atom is -0.481 e. The smallest absolute Gasteiger partial charge is 0.329 e. The molecule has 2 aromatic rings. The molecule has 1 aliphatic heterocycles. The molecule has 1 atom stereocenters. The SMILES string of the molecule is NCCC1CN(c2ccccc2)C(=O)N1c1ccc(CC(=O)O)cc1. The van der Waals surface area contributed by atoms with Crippen LogP contribution in [0.1, 0.15) is 12.0 Å². The Morgan fingerprint density at radius 1 is 1.08 bits per heavy atom. The lowest BCUT2D eigenvalue weighted by atomic mass is 10.1. The van der Waals surface area contributed by atoms with Crippen molar-refractivity contribution in [1.82, 2.24) is 0 Å². The number of aliphatic carboxylic acids is 1. The third-order valence-corrected chi connectivity index (χ3v) is 4.33. The molecule has 0 radical (unpaired) electrons. The van der Waals surface area contributed by atoms with Gasteiger partial charge in [-0.15, -0.1) is 0 Å². The molecule has 0 spiro atoms. The van der Waals surface area contributed by atoms with Crippen LogP contribution in [0.4, 0.5) is 16.2 Å². The average Bonchev–Trinajstić information content (AvgIpc) is 2.93. The van der Waals surface area contributed by atoms with Gasteiger partial charge in [0.15, 0.2) is 0 Å². The summed E-state index contributed by atoms with van der Waals surface area (Å²) in [6, 6.07) is 16.6. The van der Waals surface area contributed by atoms with Gasteiger partial charge in [-0.1, -0.05) is 30.3 Å². The number of urea groups is 1. The molecule has 3 rings (SSSR count). The average molecular weight is 339 g/mol. The second kappa shape index (κ2) is 7.36. The molecule has 2 amide bonds. The van der Waals surface area contributed by atoms with Crippen LogP contribution in [0.15, 0.2) is 54.6 Å². The van der Waals surface area contributed by atoms with Gasteiger partial charge >= 0.3 is 12.0 Å². The van der Waals surface area contributed by atoms with Crippen LogP contribution in [0.25, 0.3) is 0 Å². The summed E-state index contributed by atoms with van der Waals surface area (Å²) >= 11 is 0. The summed E-state index contributed by atoms with van der Waals surface area (Å²) in [5, 5.41) is 8.88. The maximum Gasteiger partial charge on any atom is 0.329 e. The molecule has 130 valence electrons. The number of benzene rings is 2. The van der Waals surface area contributed by atoms with E-state index in [1.165, 1.54) is 0 Å². The lowest BCUT2D eigenvalue weighted by Crippen LogP contribution is -2.36. The van der Waals surface area contributed by atoms with E-state index in [1.807, 2.05) is 30.3 Å². The van der Waals surface area contributed by atoms with Gasteiger partial charge in [0, 0.05) is 17.9 Å². The molecule has 1 fully saturated rings. The maximum absolute atomic E-state index is 13.0. The summed E-state index contributed by atoms with van der Waals surface area (Å²) in [6.45, 7) is 1.07. The van der Waals surface area contributed by atoms with Crippen molar-refractivity contribution in [3.05, 3.63) is 60.2 Å². The molecule has 1 aliphatic rings. The molecule has 0 aliphatic carbocycles. The molecule has 0 aromatic heterocycles. The Labute approximate surface area is 146 Å². The molecule has 0 bridgehead atoms. The van der Waals surface area contributed by atoms with Crippen LogP contribution in [0, 0.1) is 0 Å². The van der Waals surface area contributed by atoms with E-state index >= 15 is 0 Å². The monoisotopic (exact) mass is 339 g/mol. The van der Waals surface area contributed by atoms with E-state index in [1.54, 1.807) is 34.1 Å². The van der Waals surface area contributed by atoms with Gasteiger partial charge < -0.3 is 10.8 Å². The van der Waals surface area contributed by atoms with E-state index in [4.69, 9.17) is 10.8 Å². The fourth-order valence-electron chi connectivity index (χ4n) is 3.16. The molecule has 25 heavy (non-hydrogen) atoms. The highest BCUT2D eigenvalue weighted by Crippen LogP contribution is 2.30. The highest BCUT2D eigenvalue weighted by Gasteiger charge is 2.38. The third-order valence-electron chi connectivity index (χ3n) is 4.33. The number of nitrogens with two attached hydrogens (primary N) is 1. The predicted molar refractivity (Wildman–Crippen MR) is 96.9 cm³/mol. The number of para-hydroxylation sites is 1. The van der Waals surface area contributed by atoms with Gasteiger partial charge in [-0.3, -0.25) is 14.6 Å². The molecule has 6 heteroatoms. The first-order chi connectivity index (χ1) is 12.1. The number of anilines is 2. The van der Waals surface area contributed by atoms with Crippen molar-refractivity contribution < 1.29 is 14.7 Å². The van der Waals surface area contributed by atoms with Crippen molar-refractivity contribution in [2.75, 3.05) is 22.9 Å². The number of carboxylic acid groups (broad SMARTS) is 1. The number of amides is 2. The van der Waals surface area contributed by atoms with Crippen LogP contribution in [0.2, 0.25) is 0 Å². The first-order valence-corrected chi connectivity index (χ1v) is 8.26. The lowest BCUT2D eigenvalue weighted by Gasteiger charge is -2.23. The minimum absolute atomic E-state index is 0.0111. The second-order valence-electron chi connectivity index (χ2n) is 6.07. The van der Waals surface area contributed by atoms with Crippen LogP contribution >= 0.6 is 0 Å². The van der Waals surface area contributed by atoms with E-state index in [9.17, 15) is 9.59 Å². The number of rotatable bonds is 6. The van der Waals surface area contributed by atoms with Crippen molar-refractivity contribution in [2.24, 2.45) is 5.73 Å². The van der Waals surface area contributed by atoms with Crippen LogP contribution < -0.4 is 15.5 Å². The normalized spacial score (nSPS) is 17.2. The molecule has 1 heterocycles. The summed E-state index contributed by atoms with van der Waals surface area (Å²) in [4.78, 5) is 27.3. The van der Waals surface area contributed by atoms with Crippen molar-refractivity contribution >= 4 is 23.4 Å².